The molecule has 1 heterocycles. The Morgan fingerprint density at radius 1 is 1.24 bits per heavy atom. The summed E-state index contributed by atoms with van der Waals surface area (Å²) in [5, 5.41) is 16.2. The van der Waals surface area contributed by atoms with Crippen LogP contribution in [0.25, 0.3) is 0 Å². The van der Waals surface area contributed by atoms with Crippen LogP contribution in [0.4, 0.5) is 0 Å². The zero-order valence-electron chi connectivity index (χ0n) is 13.9. The van der Waals surface area contributed by atoms with Gasteiger partial charge in [0, 0.05) is 5.54 Å². The topological polar surface area (TPSA) is 88.1 Å². The second-order valence-electron chi connectivity index (χ2n) is 5.92. The highest BCUT2D eigenvalue weighted by Crippen LogP contribution is 2.23. The number of likely N-dealkylation sites (N-methyl/N-ethyl adjacent to an activating group) is 1. The SMILES string of the molecule is CCc1nnc(OCC(C)(C)N(C)C)c(C(=N)N)c1CC. The smallest absolute Gasteiger partial charge is 0.244 e. The molecule has 3 N–H and O–H groups in total. The molecule has 0 bridgehead atoms. The molecule has 0 spiro atoms. The van der Waals surface area contributed by atoms with E-state index in [4.69, 9.17) is 15.9 Å². The molecule has 0 radical (unpaired) electrons. The van der Waals surface area contributed by atoms with Gasteiger partial charge in [0.1, 0.15) is 12.4 Å². The van der Waals surface area contributed by atoms with E-state index in [1.165, 1.54) is 0 Å². The van der Waals surface area contributed by atoms with E-state index < -0.39 is 0 Å². The van der Waals surface area contributed by atoms with Crippen LogP contribution in [0, 0.1) is 5.41 Å². The number of ether oxygens (including phenoxy) is 1. The van der Waals surface area contributed by atoms with Crippen LogP contribution in [0.3, 0.4) is 0 Å². The largest absolute Gasteiger partial charge is 0.474 e. The van der Waals surface area contributed by atoms with Crippen LogP contribution in [0.15, 0.2) is 0 Å². The minimum absolute atomic E-state index is 0.0193. The molecule has 0 aromatic carbocycles. The fourth-order valence-electron chi connectivity index (χ4n) is 1.91. The van der Waals surface area contributed by atoms with E-state index in [-0.39, 0.29) is 11.4 Å². The number of aromatic nitrogens is 2. The number of hydrogen-bond acceptors (Lipinski definition) is 5. The predicted octanol–water partition coefficient (Wildman–Crippen LogP) is 1.60. The maximum absolute atomic E-state index is 7.83. The first-order chi connectivity index (χ1) is 9.74. The summed E-state index contributed by atoms with van der Waals surface area (Å²) in [5.74, 6) is 0.334. The van der Waals surface area contributed by atoms with Gasteiger partial charge in [-0.2, -0.15) is 5.10 Å². The monoisotopic (exact) mass is 293 g/mol. The molecule has 0 amide bonds. The average molecular weight is 293 g/mol. The molecular weight excluding hydrogens is 266 g/mol. The molecule has 0 unspecified atom stereocenters. The fourth-order valence-corrected chi connectivity index (χ4v) is 1.91. The summed E-state index contributed by atoms with van der Waals surface area (Å²) in [5.41, 5.74) is 8.01. The van der Waals surface area contributed by atoms with Crippen LogP contribution in [0.1, 0.15) is 44.5 Å². The van der Waals surface area contributed by atoms with Crippen molar-refractivity contribution < 1.29 is 4.74 Å². The molecule has 118 valence electrons. The van der Waals surface area contributed by atoms with Crippen molar-refractivity contribution in [3.05, 3.63) is 16.8 Å². The minimum atomic E-state index is -0.147. The molecule has 0 aliphatic carbocycles. The van der Waals surface area contributed by atoms with Crippen molar-refractivity contribution in [3.8, 4) is 5.88 Å². The number of rotatable bonds is 7. The summed E-state index contributed by atoms with van der Waals surface area (Å²) in [6.45, 7) is 8.65. The van der Waals surface area contributed by atoms with Crippen LogP contribution in [-0.4, -0.2) is 47.2 Å². The third kappa shape index (κ3) is 3.91. The Balaban J connectivity index is 3.16. The van der Waals surface area contributed by atoms with Crippen molar-refractivity contribution >= 4 is 5.84 Å². The summed E-state index contributed by atoms with van der Waals surface area (Å²) < 4.78 is 5.83. The molecule has 1 aromatic rings. The van der Waals surface area contributed by atoms with E-state index in [1.54, 1.807) is 0 Å². The molecule has 0 aliphatic rings. The lowest BCUT2D eigenvalue weighted by Gasteiger charge is -2.32. The first-order valence-corrected chi connectivity index (χ1v) is 7.27. The molecule has 0 atom stereocenters. The Bertz CT molecular complexity index is 511. The molecular formula is C15H27N5O. The van der Waals surface area contributed by atoms with Crippen molar-refractivity contribution in [2.75, 3.05) is 20.7 Å². The van der Waals surface area contributed by atoms with Gasteiger partial charge >= 0.3 is 0 Å². The van der Waals surface area contributed by atoms with Crippen molar-refractivity contribution in [3.63, 3.8) is 0 Å². The lowest BCUT2D eigenvalue weighted by Crippen LogP contribution is -2.43. The third-order valence-electron chi connectivity index (χ3n) is 3.86. The number of nitrogens with zero attached hydrogens (tertiary/aromatic N) is 3. The van der Waals surface area contributed by atoms with E-state index in [9.17, 15) is 0 Å². The minimum Gasteiger partial charge on any atom is -0.474 e. The summed E-state index contributed by atoms with van der Waals surface area (Å²) in [6, 6.07) is 0. The van der Waals surface area contributed by atoms with Crippen LogP contribution >= 0.6 is 0 Å². The second-order valence-corrected chi connectivity index (χ2v) is 5.92. The van der Waals surface area contributed by atoms with Gasteiger partial charge in [-0.15, -0.1) is 5.10 Å². The van der Waals surface area contributed by atoms with Crippen LogP contribution in [0.5, 0.6) is 5.88 Å². The van der Waals surface area contributed by atoms with Gasteiger partial charge in [0.05, 0.1) is 11.3 Å². The molecule has 1 rings (SSSR count). The van der Waals surface area contributed by atoms with E-state index >= 15 is 0 Å². The van der Waals surface area contributed by atoms with Gasteiger partial charge in [-0.05, 0) is 46.3 Å². The summed E-state index contributed by atoms with van der Waals surface area (Å²) >= 11 is 0. The van der Waals surface area contributed by atoms with Crippen molar-refractivity contribution in [1.29, 1.82) is 5.41 Å². The average Bonchev–Trinajstić information content (AvgIpc) is 2.43. The zero-order chi connectivity index (χ0) is 16.2. The first kappa shape index (κ1) is 17.4. The highest BCUT2D eigenvalue weighted by atomic mass is 16.5. The van der Waals surface area contributed by atoms with Gasteiger partial charge in [-0.3, -0.25) is 5.41 Å². The molecule has 0 fully saturated rings. The molecule has 21 heavy (non-hydrogen) atoms. The maximum atomic E-state index is 7.83. The lowest BCUT2D eigenvalue weighted by molar-refractivity contribution is 0.110. The Morgan fingerprint density at radius 3 is 2.29 bits per heavy atom. The molecule has 6 nitrogen and oxygen atoms in total. The summed E-state index contributed by atoms with van der Waals surface area (Å²) in [7, 11) is 4.00. The zero-order valence-corrected chi connectivity index (χ0v) is 13.9. The Kier molecular flexibility index (Phi) is 5.66. The van der Waals surface area contributed by atoms with Gasteiger partial charge < -0.3 is 15.4 Å². The van der Waals surface area contributed by atoms with Gasteiger partial charge in [0.15, 0.2) is 0 Å². The van der Waals surface area contributed by atoms with E-state index in [0.29, 0.717) is 18.1 Å². The predicted molar refractivity (Wildman–Crippen MR) is 85.1 cm³/mol. The Morgan fingerprint density at radius 2 is 1.86 bits per heavy atom. The lowest BCUT2D eigenvalue weighted by atomic mass is 10.0. The highest BCUT2D eigenvalue weighted by molar-refractivity contribution is 5.98. The van der Waals surface area contributed by atoms with Crippen LogP contribution in [0.2, 0.25) is 0 Å². The number of aryl methyl sites for hydroxylation is 1. The van der Waals surface area contributed by atoms with Gasteiger partial charge in [-0.25, -0.2) is 0 Å². The van der Waals surface area contributed by atoms with Crippen molar-refractivity contribution in [2.24, 2.45) is 5.73 Å². The van der Waals surface area contributed by atoms with Crippen molar-refractivity contribution in [1.82, 2.24) is 15.1 Å². The number of nitrogens with two attached hydrogens (primary N) is 1. The number of nitrogens with one attached hydrogen (secondary N) is 1. The van der Waals surface area contributed by atoms with Gasteiger partial charge in [0.25, 0.3) is 0 Å². The van der Waals surface area contributed by atoms with E-state index in [0.717, 1.165) is 24.1 Å². The van der Waals surface area contributed by atoms with E-state index in [2.05, 4.69) is 28.9 Å². The van der Waals surface area contributed by atoms with Gasteiger partial charge in [-0.1, -0.05) is 13.8 Å². The molecule has 0 saturated carbocycles. The number of nitrogen functional groups attached to an aromatic ring is 1. The molecule has 1 aromatic heterocycles. The maximum Gasteiger partial charge on any atom is 0.244 e. The summed E-state index contributed by atoms with van der Waals surface area (Å²) in [4.78, 5) is 2.08. The molecule has 0 aliphatic heterocycles. The Hall–Kier alpha value is -1.69. The highest BCUT2D eigenvalue weighted by Gasteiger charge is 2.24. The van der Waals surface area contributed by atoms with Crippen LogP contribution in [-0.2, 0) is 12.8 Å². The quantitative estimate of drug-likeness (QED) is 0.589. The molecule has 6 heteroatoms. The third-order valence-corrected chi connectivity index (χ3v) is 3.86. The summed E-state index contributed by atoms with van der Waals surface area (Å²) in [6.07, 6.45) is 1.51. The standard InChI is InChI=1S/C15H27N5O/c1-7-10-11(8-2)18-19-14(12(10)13(16)17)21-9-15(3,4)20(5)6/h7-9H2,1-6H3,(H3,16,17). The van der Waals surface area contributed by atoms with Crippen molar-refractivity contribution in [2.45, 2.75) is 46.1 Å². The second kappa shape index (κ2) is 6.85. The van der Waals surface area contributed by atoms with Crippen LogP contribution < -0.4 is 10.5 Å². The normalized spacial score (nSPS) is 11.8. The van der Waals surface area contributed by atoms with Gasteiger partial charge in [0.2, 0.25) is 5.88 Å². The first-order valence-electron chi connectivity index (χ1n) is 7.27. The number of amidine groups is 1. The molecule has 0 saturated heterocycles. The van der Waals surface area contributed by atoms with E-state index in [1.807, 2.05) is 27.9 Å². The number of hydrogen-bond donors (Lipinski definition) is 2. The fraction of sp³-hybridized carbons (Fsp3) is 0.667. The Labute approximate surface area is 127 Å².